The third-order valence-corrected chi connectivity index (χ3v) is 11.4. The highest BCUT2D eigenvalue weighted by Gasteiger charge is 2.52. The molecular formula is C45H81O12P. The van der Waals surface area contributed by atoms with E-state index in [9.17, 15) is 14.5 Å². The first-order chi connectivity index (χ1) is 28.3. The van der Waals surface area contributed by atoms with Crippen molar-refractivity contribution in [1.82, 2.24) is 0 Å². The number of allylic oxidation sites excluding steroid dienone is 1. The number of aliphatic hydroxyl groups excluding tert-OH is 1. The molecule has 1 unspecified atom stereocenters. The van der Waals surface area contributed by atoms with Crippen LogP contribution in [0.2, 0.25) is 0 Å². The molecule has 6 atom stereocenters. The number of hydrogen-bond acceptors (Lipinski definition) is 12. The molecule has 0 saturated carbocycles. The van der Waals surface area contributed by atoms with Crippen molar-refractivity contribution in [3.05, 3.63) is 50.3 Å². The van der Waals surface area contributed by atoms with Crippen LogP contribution in [0, 0.1) is 0 Å². The van der Waals surface area contributed by atoms with Crippen molar-refractivity contribution in [3.8, 4) is 0 Å². The van der Waals surface area contributed by atoms with Gasteiger partial charge < -0.3 is 33.5 Å². The maximum absolute atomic E-state index is 14.0. The van der Waals surface area contributed by atoms with E-state index in [1.54, 1.807) is 7.11 Å². The number of ether oxygens (including phenoxy) is 6. The van der Waals surface area contributed by atoms with Gasteiger partial charge in [0.15, 0.2) is 12.4 Å². The number of phosphoric ester groups is 1. The quantitative estimate of drug-likeness (QED) is 0.0207. The van der Waals surface area contributed by atoms with Crippen LogP contribution >= 0.6 is 7.82 Å². The van der Waals surface area contributed by atoms with Gasteiger partial charge in [-0.3, -0.25) is 13.6 Å². The molecular weight excluding hydrogens is 763 g/mol. The molecule has 0 radical (unpaired) electrons. The van der Waals surface area contributed by atoms with E-state index in [-0.39, 0.29) is 32.5 Å². The van der Waals surface area contributed by atoms with Crippen molar-refractivity contribution in [2.75, 3.05) is 40.1 Å². The Kier molecular flexibility index (Phi) is 34.3. The normalized spacial score (nSPS) is 20.2. The van der Waals surface area contributed by atoms with Crippen LogP contribution in [0.5, 0.6) is 0 Å². The van der Waals surface area contributed by atoms with Gasteiger partial charge >= 0.3 is 14.0 Å². The minimum atomic E-state index is -4.32. The van der Waals surface area contributed by atoms with Crippen molar-refractivity contribution >= 4 is 14.0 Å². The lowest BCUT2D eigenvalue weighted by Crippen LogP contribution is -2.61. The average Bonchev–Trinajstić information content (AvgIpc) is 3.22. The fourth-order valence-electron chi connectivity index (χ4n) is 6.71. The summed E-state index contributed by atoms with van der Waals surface area (Å²) < 4.78 is 65.5. The van der Waals surface area contributed by atoms with Gasteiger partial charge in [0.25, 0.3) is 0 Å². The summed E-state index contributed by atoms with van der Waals surface area (Å²) in [6, 6.07) is 0. The van der Waals surface area contributed by atoms with Gasteiger partial charge in [0.2, 0.25) is 0 Å². The summed E-state index contributed by atoms with van der Waals surface area (Å²) in [6.07, 6.45) is 26.4. The molecule has 1 saturated heterocycles. The number of aliphatic hydroxyl groups is 1. The summed E-state index contributed by atoms with van der Waals surface area (Å²) in [4.78, 5) is 12.3. The molecule has 1 aliphatic rings. The number of unbranched alkanes of at least 4 members (excludes halogenated alkanes) is 18. The van der Waals surface area contributed by atoms with Crippen molar-refractivity contribution in [3.63, 3.8) is 0 Å². The molecule has 0 amide bonds. The van der Waals surface area contributed by atoms with Crippen LogP contribution < -0.4 is 0 Å². The van der Waals surface area contributed by atoms with Gasteiger partial charge in [-0.05, 0) is 31.8 Å². The Hall–Kier alpha value is -2.02. The Morgan fingerprint density at radius 2 is 1.24 bits per heavy atom. The minimum Gasteiger partial charge on any atom is -0.490 e. The molecule has 0 aromatic heterocycles. The fourth-order valence-corrected chi connectivity index (χ4v) is 8.03. The van der Waals surface area contributed by atoms with Crippen molar-refractivity contribution < 1.29 is 56.5 Å². The van der Waals surface area contributed by atoms with Gasteiger partial charge in [0, 0.05) is 13.7 Å². The number of hydrogen-bond donors (Lipinski definition) is 1. The van der Waals surface area contributed by atoms with E-state index in [0.29, 0.717) is 6.42 Å². The van der Waals surface area contributed by atoms with Crippen LogP contribution in [0.1, 0.15) is 155 Å². The maximum Gasteiger partial charge on any atom is 0.508 e. The first-order valence-corrected chi connectivity index (χ1v) is 23.7. The summed E-state index contributed by atoms with van der Waals surface area (Å²) in [7, 11) is -2.64. The highest BCUT2D eigenvalue weighted by Crippen LogP contribution is 2.52. The lowest BCUT2D eigenvalue weighted by molar-refractivity contribution is -0.293. The first kappa shape index (κ1) is 54.0. The van der Waals surface area contributed by atoms with Gasteiger partial charge in [-0.15, -0.1) is 13.2 Å². The molecule has 1 rings (SSSR count). The standard InChI is InChI=1S/C45H81O12P/c1-7-12-14-16-17-18-19-20-21-22-23-24-25-26-28-30-36-50-43-42(51-37-32-39(49-6)31-29-27-15-13-8-2)41(57-58(48,54-34-10-4)55-35-11-5)40(56-44(43)46)38-53-45(47)52-33-9-3/h9-11,30,36,39-44,46H,3-5,7-8,12-29,31-35,37-38H2,1-2,6H3/t39-,40-,41-,42+,43-,44?/m1/s1. The fraction of sp³-hybridized carbons (Fsp3) is 0.800. The van der Waals surface area contributed by atoms with Crippen molar-refractivity contribution in [2.24, 2.45) is 0 Å². The molecule has 58 heavy (non-hydrogen) atoms. The molecule has 1 fully saturated rings. The molecule has 338 valence electrons. The summed E-state index contributed by atoms with van der Waals surface area (Å²) >= 11 is 0. The molecule has 0 aromatic carbocycles. The van der Waals surface area contributed by atoms with E-state index in [4.69, 9.17) is 42.0 Å². The van der Waals surface area contributed by atoms with E-state index in [2.05, 4.69) is 33.6 Å². The van der Waals surface area contributed by atoms with E-state index in [0.717, 1.165) is 38.5 Å². The lowest BCUT2D eigenvalue weighted by atomic mass is 9.98. The average molecular weight is 845 g/mol. The van der Waals surface area contributed by atoms with E-state index in [1.807, 2.05) is 6.08 Å². The third kappa shape index (κ3) is 26.2. The van der Waals surface area contributed by atoms with Crippen LogP contribution in [-0.2, 0) is 46.6 Å². The van der Waals surface area contributed by atoms with Gasteiger partial charge in [0.1, 0.15) is 31.5 Å². The second-order valence-corrected chi connectivity index (χ2v) is 16.6. The number of carbonyl (C=O) groups is 1. The lowest BCUT2D eigenvalue weighted by Gasteiger charge is -2.44. The topological polar surface area (TPSA) is 137 Å². The molecule has 1 aliphatic heterocycles. The molecule has 1 N–H and O–H groups in total. The highest BCUT2D eigenvalue weighted by atomic mass is 31.2. The third-order valence-electron chi connectivity index (χ3n) is 10.0. The monoisotopic (exact) mass is 845 g/mol. The van der Waals surface area contributed by atoms with Gasteiger partial charge in [-0.1, -0.05) is 154 Å². The summed E-state index contributed by atoms with van der Waals surface area (Å²) in [5.74, 6) is 0. The van der Waals surface area contributed by atoms with Crippen LogP contribution in [0.25, 0.3) is 0 Å². The van der Waals surface area contributed by atoms with Gasteiger partial charge in [-0.25, -0.2) is 9.36 Å². The van der Waals surface area contributed by atoms with Crippen LogP contribution in [-0.4, -0.2) is 88.2 Å². The second-order valence-electron chi connectivity index (χ2n) is 15.0. The highest BCUT2D eigenvalue weighted by molar-refractivity contribution is 7.48. The predicted molar refractivity (Wildman–Crippen MR) is 231 cm³/mol. The Bertz CT molecular complexity index is 1090. The zero-order chi connectivity index (χ0) is 42.5. The number of carbonyl (C=O) groups excluding carboxylic acids is 1. The van der Waals surface area contributed by atoms with E-state index >= 15 is 0 Å². The molecule has 13 heteroatoms. The molecule has 0 aliphatic carbocycles. The predicted octanol–water partition coefficient (Wildman–Crippen LogP) is 11.9. The summed E-state index contributed by atoms with van der Waals surface area (Å²) in [5, 5.41) is 11.3. The molecule has 0 spiro atoms. The zero-order valence-corrected chi connectivity index (χ0v) is 37.3. The van der Waals surface area contributed by atoms with Crippen molar-refractivity contribution in [2.45, 2.75) is 192 Å². The smallest absolute Gasteiger partial charge is 0.490 e. The van der Waals surface area contributed by atoms with Crippen LogP contribution in [0.4, 0.5) is 4.79 Å². The van der Waals surface area contributed by atoms with Gasteiger partial charge in [0.05, 0.1) is 25.6 Å². The number of phosphoric acid groups is 1. The minimum absolute atomic E-state index is 0.0631. The first-order valence-electron chi connectivity index (χ1n) is 22.3. The maximum atomic E-state index is 14.0. The Morgan fingerprint density at radius 1 is 0.707 bits per heavy atom. The Balaban J connectivity index is 3.01. The number of rotatable bonds is 40. The van der Waals surface area contributed by atoms with E-state index < -0.39 is 51.3 Å². The zero-order valence-electron chi connectivity index (χ0n) is 36.4. The molecule has 1 heterocycles. The largest absolute Gasteiger partial charge is 0.508 e. The summed E-state index contributed by atoms with van der Waals surface area (Å²) in [6.45, 7) is 14.6. The van der Waals surface area contributed by atoms with Crippen LogP contribution in [0.15, 0.2) is 50.3 Å². The SMILES string of the molecule is C=CCOC(=O)OC[C@H]1OC(O)[C@H](OC=CCCCCCCCCCCCCCCCC)[C@@H](OCC[C@@H](CCCCCCC)OC)[C@@H]1OP(=O)(OCC=C)OCC=C. The van der Waals surface area contributed by atoms with Crippen molar-refractivity contribution in [1.29, 1.82) is 0 Å². The molecule has 12 nitrogen and oxygen atoms in total. The summed E-state index contributed by atoms with van der Waals surface area (Å²) in [5.41, 5.74) is 0. The van der Waals surface area contributed by atoms with E-state index in [1.165, 1.54) is 121 Å². The molecule has 0 bridgehead atoms. The molecule has 0 aromatic rings. The van der Waals surface area contributed by atoms with Crippen LogP contribution in [0.3, 0.4) is 0 Å². The van der Waals surface area contributed by atoms with Gasteiger partial charge in [-0.2, -0.15) is 0 Å². The number of methoxy groups -OCH3 is 1. The second kappa shape index (κ2) is 36.8. The Morgan fingerprint density at radius 3 is 1.78 bits per heavy atom. The Labute approximate surface area is 352 Å².